The van der Waals surface area contributed by atoms with E-state index >= 15 is 0 Å². The Labute approximate surface area is 120 Å². The van der Waals surface area contributed by atoms with Gasteiger partial charge in [-0.1, -0.05) is 42.5 Å². The number of nitrogens with one attached hydrogen (secondary N) is 1. The second-order valence-corrected chi connectivity index (χ2v) is 4.64. The monoisotopic (exact) mass is 271 g/mol. The highest BCUT2D eigenvalue weighted by atomic mass is 16.5. The van der Waals surface area contributed by atoms with Crippen LogP contribution in [0.2, 0.25) is 0 Å². The van der Waals surface area contributed by atoms with E-state index in [-0.39, 0.29) is 0 Å². The molecule has 0 aliphatic heterocycles. The van der Waals surface area contributed by atoms with Crippen molar-refractivity contribution in [3.63, 3.8) is 0 Å². The number of benzene rings is 2. The molecule has 0 heterocycles. The first-order valence-corrected chi connectivity index (χ1v) is 6.94. The van der Waals surface area contributed by atoms with Crippen LogP contribution in [0.5, 0.6) is 0 Å². The third kappa shape index (κ3) is 4.37. The standard InChI is InChI=1S/C17H21NO2/c1-2-20-13-17(19)12-18-16-10-8-15(9-11-16)14-6-4-3-5-7-14/h3-11,17-19H,2,12-13H2,1H3. The first-order chi connectivity index (χ1) is 9.79. The second kappa shape index (κ2) is 7.68. The summed E-state index contributed by atoms with van der Waals surface area (Å²) in [7, 11) is 0. The molecule has 1 unspecified atom stereocenters. The molecule has 0 amide bonds. The molecule has 0 radical (unpaired) electrons. The number of rotatable bonds is 7. The van der Waals surface area contributed by atoms with Crippen LogP contribution >= 0.6 is 0 Å². The van der Waals surface area contributed by atoms with Gasteiger partial charge in [-0.25, -0.2) is 0 Å². The molecule has 106 valence electrons. The molecule has 0 saturated heterocycles. The molecular weight excluding hydrogens is 250 g/mol. The van der Waals surface area contributed by atoms with Gasteiger partial charge >= 0.3 is 0 Å². The van der Waals surface area contributed by atoms with Crippen molar-refractivity contribution >= 4 is 5.69 Å². The van der Waals surface area contributed by atoms with Crippen LogP contribution < -0.4 is 5.32 Å². The van der Waals surface area contributed by atoms with Crippen LogP contribution in [-0.2, 0) is 4.74 Å². The maximum atomic E-state index is 9.69. The lowest BCUT2D eigenvalue weighted by Gasteiger charge is -2.13. The normalized spacial score (nSPS) is 12.1. The minimum absolute atomic E-state index is 0.367. The smallest absolute Gasteiger partial charge is 0.0945 e. The third-order valence-electron chi connectivity index (χ3n) is 3.05. The molecule has 0 fully saturated rings. The van der Waals surface area contributed by atoms with Gasteiger partial charge in [0, 0.05) is 18.8 Å². The van der Waals surface area contributed by atoms with Crippen molar-refractivity contribution in [2.24, 2.45) is 0 Å². The lowest BCUT2D eigenvalue weighted by Crippen LogP contribution is -2.24. The largest absolute Gasteiger partial charge is 0.389 e. The highest BCUT2D eigenvalue weighted by molar-refractivity contribution is 5.65. The van der Waals surface area contributed by atoms with Crippen molar-refractivity contribution in [1.29, 1.82) is 0 Å². The zero-order chi connectivity index (χ0) is 14.2. The van der Waals surface area contributed by atoms with E-state index in [0.717, 1.165) is 5.69 Å². The summed E-state index contributed by atoms with van der Waals surface area (Å²) >= 11 is 0. The second-order valence-electron chi connectivity index (χ2n) is 4.64. The molecule has 0 bridgehead atoms. The van der Waals surface area contributed by atoms with Gasteiger partial charge in [-0.05, 0) is 30.2 Å². The minimum atomic E-state index is -0.483. The lowest BCUT2D eigenvalue weighted by atomic mass is 10.1. The summed E-state index contributed by atoms with van der Waals surface area (Å²) in [6, 6.07) is 18.5. The van der Waals surface area contributed by atoms with Crippen LogP contribution in [0.1, 0.15) is 6.92 Å². The molecule has 2 N–H and O–H groups in total. The Hall–Kier alpha value is -1.84. The fraction of sp³-hybridized carbons (Fsp3) is 0.294. The highest BCUT2D eigenvalue weighted by Gasteiger charge is 2.03. The quantitative estimate of drug-likeness (QED) is 0.812. The number of anilines is 1. The molecule has 0 saturated carbocycles. The van der Waals surface area contributed by atoms with Crippen LogP contribution in [0.4, 0.5) is 5.69 Å². The molecule has 0 aromatic heterocycles. The summed E-state index contributed by atoms with van der Waals surface area (Å²) in [4.78, 5) is 0. The van der Waals surface area contributed by atoms with E-state index in [0.29, 0.717) is 19.8 Å². The van der Waals surface area contributed by atoms with Gasteiger partial charge in [0.15, 0.2) is 0 Å². The fourth-order valence-electron chi connectivity index (χ4n) is 1.96. The van der Waals surface area contributed by atoms with Crippen molar-refractivity contribution in [3.05, 3.63) is 54.6 Å². The zero-order valence-corrected chi connectivity index (χ0v) is 11.8. The van der Waals surface area contributed by atoms with Crippen molar-refractivity contribution in [3.8, 4) is 11.1 Å². The molecule has 0 aliphatic carbocycles. The van der Waals surface area contributed by atoms with Crippen LogP contribution in [0.25, 0.3) is 11.1 Å². The van der Waals surface area contributed by atoms with E-state index < -0.39 is 6.10 Å². The predicted molar refractivity (Wildman–Crippen MR) is 82.9 cm³/mol. The van der Waals surface area contributed by atoms with E-state index in [4.69, 9.17) is 4.74 Å². The van der Waals surface area contributed by atoms with Crippen LogP contribution in [0.15, 0.2) is 54.6 Å². The Bertz CT molecular complexity index is 496. The van der Waals surface area contributed by atoms with Crippen molar-refractivity contribution in [2.75, 3.05) is 25.1 Å². The van der Waals surface area contributed by atoms with Crippen molar-refractivity contribution < 1.29 is 9.84 Å². The Morgan fingerprint density at radius 3 is 2.30 bits per heavy atom. The molecule has 1 atom stereocenters. The first kappa shape index (κ1) is 14.6. The highest BCUT2D eigenvalue weighted by Crippen LogP contribution is 2.20. The maximum Gasteiger partial charge on any atom is 0.0945 e. The minimum Gasteiger partial charge on any atom is -0.389 e. The number of aliphatic hydroxyl groups is 1. The number of aliphatic hydroxyl groups excluding tert-OH is 1. The fourth-order valence-corrected chi connectivity index (χ4v) is 1.96. The molecule has 0 spiro atoms. The van der Waals surface area contributed by atoms with Crippen molar-refractivity contribution in [2.45, 2.75) is 13.0 Å². The number of hydrogen-bond acceptors (Lipinski definition) is 3. The molecule has 3 nitrogen and oxygen atoms in total. The summed E-state index contributed by atoms with van der Waals surface area (Å²) in [6.07, 6.45) is -0.483. The predicted octanol–water partition coefficient (Wildman–Crippen LogP) is 3.16. The van der Waals surface area contributed by atoms with Gasteiger partial charge in [0.05, 0.1) is 12.7 Å². The molecule has 20 heavy (non-hydrogen) atoms. The Morgan fingerprint density at radius 2 is 1.65 bits per heavy atom. The summed E-state index contributed by atoms with van der Waals surface area (Å²) in [5, 5.41) is 12.9. The molecular formula is C17H21NO2. The van der Waals surface area contributed by atoms with Crippen LogP contribution in [0, 0.1) is 0 Å². The summed E-state index contributed by atoms with van der Waals surface area (Å²) < 4.78 is 5.17. The lowest BCUT2D eigenvalue weighted by molar-refractivity contribution is 0.0496. The van der Waals surface area contributed by atoms with E-state index in [2.05, 4.69) is 29.6 Å². The molecule has 2 rings (SSSR count). The summed E-state index contributed by atoms with van der Waals surface area (Å²) in [5.74, 6) is 0. The van der Waals surface area contributed by atoms with E-state index in [9.17, 15) is 5.11 Å². The third-order valence-corrected chi connectivity index (χ3v) is 3.05. The summed E-state index contributed by atoms with van der Waals surface area (Å²) in [6.45, 7) is 3.40. The molecule has 0 aliphatic rings. The van der Waals surface area contributed by atoms with Gasteiger partial charge < -0.3 is 15.2 Å². The Balaban J connectivity index is 1.89. The van der Waals surface area contributed by atoms with Gasteiger partial charge in [0.1, 0.15) is 0 Å². The van der Waals surface area contributed by atoms with Gasteiger partial charge in [-0.3, -0.25) is 0 Å². The topological polar surface area (TPSA) is 41.5 Å². The van der Waals surface area contributed by atoms with E-state index in [1.807, 2.05) is 37.3 Å². The SMILES string of the molecule is CCOCC(O)CNc1ccc(-c2ccccc2)cc1. The number of hydrogen-bond donors (Lipinski definition) is 2. The Morgan fingerprint density at radius 1 is 1.00 bits per heavy atom. The van der Waals surface area contributed by atoms with E-state index in [1.54, 1.807) is 0 Å². The van der Waals surface area contributed by atoms with Crippen LogP contribution in [0.3, 0.4) is 0 Å². The van der Waals surface area contributed by atoms with Gasteiger partial charge in [-0.15, -0.1) is 0 Å². The zero-order valence-electron chi connectivity index (χ0n) is 11.8. The number of ether oxygens (including phenoxy) is 1. The first-order valence-electron chi connectivity index (χ1n) is 6.94. The van der Waals surface area contributed by atoms with Gasteiger partial charge in [0.2, 0.25) is 0 Å². The molecule has 3 heteroatoms. The van der Waals surface area contributed by atoms with Crippen molar-refractivity contribution in [1.82, 2.24) is 0 Å². The molecule has 2 aromatic carbocycles. The molecule has 2 aromatic rings. The van der Waals surface area contributed by atoms with E-state index in [1.165, 1.54) is 11.1 Å². The Kier molecular flexibility index (Phi) is 5.59. The average molecular weight is 271 g/mol. The average Bonchev–Trinajstić information content (AvgIpc) is 2.52. The maximum absolute atomic E-state index is 9.69. The van der Waals surface area contributed by atoms with Crippen LogP contribution in [-0.4, -0.2) is 31.0 Å². The van der Waals surface area contributed by atoms with Gasteiger partial charge in [-0.2, -0.15) is 0 Å². The van der Waals surface area contributed by atoms with Gasteiger partial charge in [0.25, 0.3) is 0 Å². The summed E-state index contributed by atoms with van der Waals surface area (Å²) in [5.41, 5.74) is 3.39.